The van der Waals surface area contributed by atoms with Gasteiger partial charge in [-0.1, -0.05) is 53.0 Å². The fraction of sp³-hybridized carbons (Fsp3) is 0.250. The number of nitrogens with zero attached hydrogens (tertiary/aromatic N) is 1. The zero-order valence-electron chi connectivity index (χ0n) is 8.80. The number of nitrogens with one attached hydrogen (secondary N) is 1. The quantitative estimate of drug-likeness (QED) is 0.712. The molecule has 0 aliphatic carbocycles. The van der Waals surface area contributed by atoms with Gasteiger partial charge in [0.05, 0.1) is 5.69 Å². The van der Waals surface area contributed by atoms with E-state index >= 15 is 0 Å². The lowest BCUT2D eigenvalue weighted by atomic mass is 10.0. The van der Waals surface area contributed by atoms with Crippen molar-refractivity contribution >= 4 is 51.4 Å². The molecule has 2 heterocycles. The number of fused-ring (bicyclic) bond motifs is 3. The third-order valence-corrected chi connectivity index (χ3v) is 3.49. The van der Waals surface area contributed by atoms with Gasteiger partial charge in [0.15, 0.2) is 0 Å². The lowest BCUT2D eigenvalue weighted by molar-refractivity contribution is 0.940. The van der Waals surface area contributed by atoms with Crippen molar-refractivity contribution < 1.29 is 0 Å². The molecule has 0 saturated carbocycles. The molecule has 0 saturated heterocycles. The second-order valence-electron chi connectivity index (χ2n) is 4.00. The van der Waals surface area contributed by atoms with Gasteiger partial charge in [0.25, 0.3) is 0 Å². The van der Waals surface area contributed by atoms with E-state index in [2.05, 4.69) is 16.0 Å². The van der Waals surface area contributed by atoms with Gasteiger partial charge in [-0.25, -0.2) is 0 Å². The Hall–Kier alpha value is -0.700. The van der Waals surface area contributed by atoms with Gasteiger partial charge >= 0.3 is 0 Å². The third kappa shape index (κ3) is 1.85. The fourth-order valence-electron chi connectivity index (χ4n) is 2.25. The van der Waals surface area contributed by atoms with Crippen molar-refractivity contribution in [3.05, 3.63) is 35.5 Å². The molecule has 0 fully saturated rings. The molecule has 5 heteroatoms. The second kappa shape index (κ2) is 3.91. The van der Waals surface area contributed by atoms with Crippen LogP contribution in [0.2, 0.25) is 0 Å². The summed E-state index contributed by atoms with van der Waals surface area (Å²) in [4.78, 5) is 7.62. The maximum absolute atomic E-state index is 5.95. The fourth-order valence-corrected chi connectivity index (χ4v) is 2.71. The number of aromatic amines is 1. The molecule has 0 atom stereocenters. The molecule has 1 aliphatic rings. The van der Waals surface area contributed by atoms with Crippen LogP contribution in [0.5, 0.6) is 0 Å². The van der Waals surface area contributed by atoms with Crippen molar-refractivity contribution in [1.29, 1.82) is 0 Å². The molecule has 0 unspecified atom stereocenters. The van der Waals surface area contributed by atoms with Crippen molar-refractivity contribution in [2.24, 2.45) is 4.99 Å². The van der Waals surface area contributed by atoms with Gasteiger partial charge in [0.1, 0.15) is 5.71 Å². The summed E-state index contributed by atoms with van der Waals surface area (Å²) in [6.45, 7) is 0.665. The molecular formula is C12H9Cl3N2. The van der Waals surface area contributed by atoms with Crippen LogP contribution in [-0.4, -0.2) is 21.0 Å². The first-order valence-electron chi connectivity index (χ1n) is 5.29. The van der Waals surface area contributed by atoms with Crippen molar-refractivity contribution in [2.75, 3.05) is 6.54 Å². The molecule has 17 heavy (non-hydrogen) atoms. The van der Waals surface area contributed by atoms with Crippen molar-refractivity contribution in [3.63, 3.8) is 0 Å². The van der Waals surface area contributed by atoms with Gasteiger partial charge in [0.2, 0.25) is 3.79 Å². The minimum Gasteiger partial charge on any atom is -0.353 e. The minimum absolute atomic E-state index is 0.514. The number of halogens is 3. The number of benzene rings is 1. The van der Waals surface area contributed by atoms with Crippen LogP contribution in [0.25, 0.3) is 10.9 Å². The van der Waals surface area contributed by atoms with E-state index in [0.717, 1.165) is 17.6 Å². The Kier molecular flexibility index (Phi) is 2.62. The summed E-state index contributed by atoms with van der Waals surface area (Å²) in [5, 5.41) is 1.18. The maximum atomic E-state index is 5.95. The van der Waals surface area contributed by atoms with E-state index in [-0.39, 0.29) is 0 Å². The number of para-hydroxylation sites is 1. The highest BCUT2D eigenvalue weighted by Gasteiger charge is 2.34. The standard InChI is InChI=1S/C12H9Cl3N2/c13-12(14,15)11-10-8(5-6-16-11)7-3-1-2-4-9(7)17-10/h1-4,17H,5-6H2. The molecule has 2 nitrogen and oxygen atoms in total. The zero-order valence-corrected chi connectivity index (χ0v) is 11.1. The normalized spacial score (nSPS) is 15.8. The average molecular weight is 288 g/mol. The molecule has 0 amide bonds. The lowest BCUT2D eigenvalue weighted by Crippen LogP contribution is -2.25. The minimum atomic E-state index is -1.48. The van der Waals surface area contributed by atoms with E-state index in [1.54, 1.807) is 0 Å². The van der Waals surface area contributed by atoms with E-state index in [9.17, 15) is 0 Å². The van der Waals surface area contributed by atoms with Crippen LogP contribution in [0, 0.1) is 0 Å². The molecule has 2 aromatic rings. The van der Waals surface area contributed by atoms with Gasteiger partial charge < -0.3 is 4.98 Å². The number of hydrogen-bond donors (Lipinski definition) is 1. The Labute approximate surface area is 114 Å². The summed E-state index contributed by atoms with van der Waals surface area (Å²) in [7, 11) is 0. The number of alkyl halides is 3. The third-order valence-electron chi connectivity index (χ3n) is 2.95. The maximum Gasteiger partial charge on any atom is 0.234 e. The Morgan fingerprint density at radius 2 is 1.94 bits per heavy atom. The summed E-state index contributed by atoms with van der Waals surface area (Å²) in [5.74, 6) is 0. The molecule has 3 rings (SSSR count). The molecule has 0 spiro atoms. The topological polar surface area (TPSA) is 28.1 Å². The predicted octanol–water partition coefficient (Wildman–Crippen LogP) is 3.88. The summed E-state index contributed by atoms with van der Waals surface area (Å²) in [6.07, 6.45) is 0.879. The van der Waals surface area contributed by atoms with E-state index in [1.807, 2.05) is 18.2 Å². The SMILES string of the molecule is ClC(Cl)(Cl)C1=NCCc2c1[nH]c1ccccc21. The van der Waals surface area contributed by atoms with E-state index < -0.39 is 3.79 Å². The summed E-state index contributed by atoms with van der Waals surface area (Å²) in [6, 6.07) is 8.09. The lowest BCUT2D eigenvalue weighted by Gasteiger charge is -2.18. The van der Waals surface area contributed by atoms with Crippen LogP contribution in [0.4, 0.5) is 0 Å². The Morgan fingerprint density at radius 1 is 1.18 bits per heavy atom. The summed E-state index contributed by atoms with van der Waals surface area (Å²) >= 11 is 17.8. The van der Waals surface area contributed by atoms with Gasteiger partial charge in [-0.2, -0.15) is 0 Å². The van der Waals surface area contributed by atoms with Crippen LogP contribution < -0.4 is 0 Å². The second-order valence-corrected chi connectivity index (χ2v) is 6.28. The van der Waals surface area contributed by atoms with Crippen molar-refractivity contribution in [1.82, 2.24) is 4.98 Å². The highest BCUT2D eigenvalue weighted by atomic mass is 35.6. The molecule has 0 bridgehead atoms. The van der Waals surface area contributed by atoms with Crippen LogP contribution >= 0.6 is 34.8 Å². The molecule has 1 aromatic heterocycles. The Bertz CT molecular complexity index is 608. The molecule has 1 aliphatic heterocycles. The first kappa shape index (κ1) is 11.4. The highest BCUT2D eigenvalue weighted by molar-refractivity contribution is 6.78. The number of rotatable bonds is 0. The first-order valence-corrected chi connectivity index (χ1v) is 6.42. The van der Waals surface area contributed by atoms with Gasteiger partial charge in [-0.15, -0.1) is 0 Å². The highest BCUT2D eigenvalue weighted by Crippen LogP contribution is 2.36. The average Bonchev–Trinajstić information content (AvgIpc) is 2.65. The smallest absolute Gasteiger partial charge is 0.234 e. The number of H-pyrrole nitrogens is 1. The van der Waals surface area contributed by atoms with E-state index in [0.29, 0.717) is 12.3 Å². The predicted molar refractivity (Wildman–Crippen MR) is 73.7 cm³/mol. The summed E-state index contributed by atoms with van der Waals surface area (Å²) < 4.78 is -1.48. The first-order chi connectivity index (χ1) is 8.07. The van der Waals surface area contributed by atoms with E-state index in [4.69, 9.17) is 34.8 Å². The number of aliphatic imine (C=N–C) groups is 1. The van der Waals surface area contributed by atoms with Crippen LogP contribution in [0.1, 0.15) is 11.3 Å². The van der Waals surface area contributed by atoms with Crippen LogP contribution in [-0.2, 0) is 6.42 Å². The molecule has 1 aromatic carbocycles. The number of hydrogen-bond acceptors (Lipinski definition) is 1. The van der Waals surface area contributed by atoms with Gasteiger partial charge in [-0.05, 0) is 18.1 Å². The van der Waals surface area contributed by atoms with Gasteiger partial charge in [-0.3, -0.25) is 4.99 Å². The van der Waals surface area contributed by atoms with Crippen LogP contribution in [0.15, 0.2) is 29.3 Å². The molecular weight excluding hydrogens is 279 g/mol. The molecule has 88 valence electrons. The van der Waals surface area contributed by atoms with Crippen LogP contribution in [0.3, 0.4) is 0 Å². The Morgan fingerprint density at radius 3 is 2.71 bits per heavy atom. The number of aromatic nitrogens is 1. The van der Waals surface area contributed by atoms with Gasteiger partial charge in [0, 0.05) is 17.4 Å². The Balaban J connectivity index is 2.27. The van der Waals surface area contributed by atoms with E-state index in [1.165, 1.54) is 10.9 Å². The molecule has 1 N–H and O–H groups in total. The summed E-state index contributed by atoms with van der Waals surface area (Å²) in [5.41, 5.74) is 3.62. The largest absolute Gasteiger partial charge is 0.353 e. The molecule has 0 radical (unpaired) electrons. The van der Waals surface area contributed by atoms with Crippen molar-refractivity contribution in [3.8, 4) is 0 Å². The zero-order chi connectivity index (χ0) is 12.0. The van der Waals surface area contributed by atoms with Crippen molar-refractivity contribution in [2.45, 2.75) is 10.2 Å². The monoisotopic (exact) mass is 286 g/mol.